The van der Waals surface area contributed by atoms with Crippen molar-refractivity contribution in [2.45, 2.75) is 6.54 Å². The van der Waals surface area contributed by atoms with E-state index in [-0.39, 0.29) is 5.69 Å². The molecule has 0 spiro atoms. The van der Waals surface area contributed by atoms with Gasteiger partial charge < -0.3 is 5.73 Å². The van der Waals surface area contributed by atoms with E-state index in [9.17, 15) is 10.1 Å². The Morgan fingerprint density at radius 2 is 2.36 bits per heavy atom. The second kappa shape index (κ2) is 3.07. The lowest BCUT2D eigenvalue weighted by molar-refractivity contribution is -0.385. The summed E-state index contributed by atoms with van der Waals surface area (Å²) in [5, 5.41) is 10.1. The van der Waals surface area contributed by atoms with Crippen molar-refractivity contribution in [1.29, 1.82) is 0 Å². The zero-order chi connectivity index (χ0) is 8.27. The summed E-state index contributed by atoms with van der Waals surface area (Å²) in [4.78, 5) is 13.4. The van der Waals surface area contributed by atoms with Gasteiger partial charge in [-0.15, -0.1) is 0 Å². The van der Waals surface area contributed by atoms with Crippen LogP contribution in [0.4, 0.5) is 5.69 Å². The first-order chi connectivity index (χ1) is 5.24. The van der Waals surface area contributed by atoms with Crippen LogP contribution in [-0.4, -0.2) is 9.91 Å². The van der Waals surface area contributed by atoms with Gasteiger partial charge in [0.05, 0.1) is 10.6 Å². The number of nitrogens with two attached hydrogens (primary N) is 1. The number of rotatable bonds is 2. The second-order valence-electron chi connectivity index (χ2n) is 1.97. The minimum atomic E-state index is -0.493. The Hall–Kier alpha value is -1.49. The Morgan fingerprint density at radius 1 is 1.64 bits per heavy atom. The molecule has 0 fully saturated rings. The van der Waals surface area contributed by atoms with Crippen LogP contribution in [-0.2, 0) is 6.54 Å². The van der Waals surface area contributed by atoms with Crippen LogP contribution >= 0.6 is 0 Å². The largest absolute Gasteiger partial charge is 0.325 e. The normalized spacial score (nSPS) is 9.55. The number of nitrogens with zero attached hydrogens (tertiary/aromatic N) is 2. The predicted octanol–water partition coefficient (Wildman–Crippen LogP) is 0.449. The highest BCUT2D eigenvalue weighted by Crippen LogP contribution is 2.07. The van der Waals surface area contributed by atoms with Crippen molar-refractivity contribution in [3.63, 3.8) is 0 Å². The molecular weight excluding hydrogens is 146 g/mol. The third-order valence-corrected chi connectivity index (χ3v) is 1.23. The molecule has 5 nitrogen and oxygen atoms in total. The van der Waals surface area contributed by atoms with Crippen molar-refractivity contribution in [3.8, 4) is 0 Å². The molecule has 2 N–H and O–H groups in total. The average molecular weight is 153 g/mol. The molecule has 58 valence electrons. The zero-order valence-electron chi connectivity index (χ0n) is 5.73. The lowest BCUT2D eigenvalue weighted by Gasteiger charge is -1.92. The quantitative estimate of drug-likeness (QED) is 0.494. The smallest absolute Gasteiger partial charge is 0.287 e. The van der Waals surface area contributed by atoms with E-state index in [0.29, 0.717) is 12.2 Å². The van der Waals surface area contributed by atoms with Crippen LogP contribution in [0, 0.1) is 10.1 Å². The van der Waals surface area contributed by atoms with Gasteiger partial charge in [0.15, 0.2) is 0 Å². The van der Waals surface area contributed by atoms with Crippen molar-refractivity contribution in [3.05, 3.63) is 34.1 Å². The number of aromatic nitrogens is 1. The molecule has 0 aliphatic rings. The molecule has 0 aromatic carbocycles. The van der Waals surface area contributed by atoms with Gasteiger partial charge in [-0.3, -0.25) is 15.1 Å². The zero-order valence-corrected chi connectivity index (χ0v) is 5.73. The highest BCUT2D eigenvalue weighted by Gasteiger charge is 2.03. The van der Waals surface area contributed by atoms with Gasteiger partial charge >= 0.3 is 0 Å². The molecule has 0 unspecified atom stereocenters. The summed E-state index contributed by atoms with van der Waals surface area (Å²) in [5.41, 5.74) is 5.88. The Morgan fingerprint density at radius 3 is 2.73 bits per heavy atom. The number of hydrogen-bond acceptors (Lipinski definition) is 4. The van der Waals surface area contributed by atoms with E-state index < -0.39 is 4.92 Å². The Labute approximate surface area is 63.0 Å². The Balaban J connectivity index is 2.91. The van der Waals surface area contributed by atoms with E-state index in [0.717, 1.165) is 0 Å². The SMILES string of the molecule is NCc1ccc([N+](=O)[O-])cn1. The second-order valence-corrected chi connectivity index (χ2v) is 1.97. The number of pyridine rings is 1. The van der Waals surface area contributed by atoms with Crippen molar-refractivity contribution < 1.29 is 4.92 Å². The Bertz CT molecular complexity index is 257. The lowest BCUT2D eigenvalue weighted by atomic mass is 10.3. The highest BCUT2D eigenvalue weighted by molar-refractivity contribution is 5.26. The van der Waals surface area contributed by atoms with Crippen molar-refractivity contribution in [2.75, 3.05) is 0 Å². The maximum absolute atomic E-state index is 10.1. The first kappa shape index (κ1) is 7.62. The fraction of sp³-hybridized carbons (Fsp3) is 0.167. The third kappa shape index (κ3) is 1.71. The van der Waals surface area contributed by atoms with Gasteiger partial charge in [-0.25, -0.2) is 0 Å². The summed E-state index contributed by atoms with van der Waals surface area (Å²) in [5.74, 6) is 0. The average Bonchev–Trinajstić information content (AvgIpc) is 2.05. The van der Waals surface area contributed by atoms with Gasteiger partial charge in [-0.2, -0.15) is 0 Å². The number of hydrogen-bond donors (Lipinski definition) is 1. The predicted molar refractivity (Wildman–Crippen MR) is 38.8 cm³/mol. The summed E-state index contributed by atoms with van der Waals surface area (Å²) in [6.07, 6.45) is 1.20. The molecule has 5 heteroatoms. The van der Waals surface area contributed by atoms with Gasteiger partial charge in [-0.05, 0) is 6.07 Å². The van der Waals surface area contributed by atoms with Gasteiger partial charge in [0, 0.05) is 12.6 Å². The summed E-state index contributed by atoms with van der Waals surface area (Å²) in [7, 11) is 0. The summed E-state index contributed by atoms with van der Waals surface area (Å²) >= 11 is 0. The molecule has 0 aliphatic carbocycles. The lowest BCUT2D eigenvalue weighted by Crippen LogP contribution is -1.99. The van der Waals surface area contributed by atoms with Crippen LogP contribution in [0.25, 0.3) is 0 Å². The van der Waals surface area contributed by atoms with Gasteiger partial charge in [0.25, 0.3) is 5.69 Å². The first-order valence-corrected chi connectivity index (χ1v) is 3.03. The summed E-state index contributed by atoms with van der Waals surface area (Å²) in [6, 6.07) is 2.92. The molecule has 1 heterocycles. The fourth-order valence-corrected chi connectivity index (χ4v) is 0.645. The highest BCUT2D eigenvalue weighted by atomic mass is 16.6. The van der Waals surface area contributed by atoms with E-state index in [1.54, 1.807) is 0 Å². The van der Waals surface area contributed by atoms with Gasteiger partial charge in [0.1, 0.15) is 6.20 Å². The number of nitro groups is 1. The topological polar surface area (TPSA) is 82.0 Å². The molecule has 0 saturated carbocycles. The molecule has 1 aromatic heterocycles. The van der Waals surface area contributed by atoms with Crippen LogP contribution < -0.4 is 5.73 Å². The van der Waals surface area contributed by atoms with E-state index in [1.165, 1.54) is 18.3 Å². The van der Waals surface area contributed by atoms with Gasteiger partial charge in [0.2, 0.25) is 0 Å². The van der Waals surface area contributed by atoms with Crippen LogP contribution in [0.5, 0.6) is 0 Å². The molecule has 0 atom stereocenters. The van der Waals surface area contributed by atoms with Crippen LogP contribution in [0.3, 0.4) is 0 Å². The van der Waals surface area contributed by atoms with Crippen molar-refractivity contribution >= 4 is 5.69 Å². The third-order valence-electron chi connectivity index (χ3n) is 1.23. The summed E-state index contributed by atoms with van der Waals surface area (Å²) in [6.45, 7) is 0.304. The van der Waals surface area contributed by atoms with Crippen molar-refractivity contribution in [2.24, 2.45) is 5.73 Å². The molecule has 1 rings (SSSR count). The van der Waals surface area contributed by atoms with Crippen molar-refractivity contribution in [1.82, 2.24) is 4.98 Å². The molecule has 0 radical (unpaired) electrons. The molecular formula is C6H7N3O2. The molecule has 1 aromatic rings. The Kier molecular flexibility index (Phi) is 2.12. The minimum absolute atomic E-state index is 0.0119. The van der Waals surface area contributed by atoms with Gasteiger partial charge in [-0.1, -0.05) is 0 Å². The standard InChI is InChI=1S/C6H7N3O2/c7-3-5-1-2-6(4-8-5)9(10)11/h1-2,4H,3,7H2. The van der Waals surface area contributed by atoms with E-state index in [2.05, 4.69) is 4.98 Å². The van der Waals surface area contributed by atoms with Crippen LogP contribution in [0.15, 0.2) is 18.3 Å². The summed E-state index contributed by atoms with van der Waals surface area (Å²) < 4.78 is 0. The fourth-order valence-electron chi connectivity index (χ4n) is 0.645. The molecule has 11 heavy (non-hydrogen) atoms. The molecule has 0 aliphatic heterocycles. The first-order valence-electron chi connectivity index (χ1n) is 3.03. The molecule has 0 saturated heterocycles. The van der Waals surface area contributed by atoms with E-state index in [1.807, 2.05) is 0 Å². The monoisotopic (exact) mass is 153 g/mol. The minimum Gasteiger partial charge on any atom is -0.325 e. The van der Waals surface area contributed by atoms with E-state index >= 15 is 0 Å². The molecule has 0 amide bonds. The maximum atomic E-state index is 10.1. The van der Waals surface area contributed by atoms with Crippen LogP contribution in [0.2, 0.25) is 0 Å². The van der Waals surface area contributed by atoms with Crippen LogP contribution in [0.1, 0.15) is 5.69 Å². The maximum Gasteiger partial charge on any atom is 0.287 e. The molecule has 0 bridgehead atoms. The van der Waals surface area contributed by atoms with E-state index in [4.69, 9.17) is 5.73 Å².